The molecule has 24 heavy (non-hydrogen) atoms. The average Bonchev–Trinajstić information content (AvgIpc) is 2.98. The fourth-order valence-electron chi connectivity index (χ4n) is 2.74. The van der Waals surface area contributed by atoms with E-state index in [0.29, 0.717) is 12.2 Å². The maximum Gasteiger partial charge on any atom is 0.319 e. The van der Waals surface area contributed by atoms with Gasteiger partial charge in [-0.1, -0.05) is 6.92 Å². The predicted molar refractivity (Wildman–Crippen MR) is 91.6 cm³/mol. The van der Waals surface area contributed by atoms with E-state index in [2.05, 4.69) is 39.4 Å². The third-order valence-electron chi connectivity index (χ3n) is 4.24. The van der Waals surface area contributed by atoms with E-state index in [-0.39, 0.29) is 18.6 Å². The molecule has 1 aromatic heterocycles. The first-order chi connectivity index (χ1) is 11.5. The number of urea groups is 1. The minimum Gasteiger partial charge on any atom is -0.368 e. The summed E-state index contributed by atoms with van der Waals surface area (Å²) in [5.41, 5.74) is 5.62. The van der Waals surface area contributed by atoms with Crippen LogP contribution in [0.15, 0.2) is 12.4 Å². The molecule has 2 heterocycles. The van der Waals surface area contributed by atoms with Gasteiger partial charge in [-0.05, 0) is 13.5 Å². The zero-order valence-corrected chi connectivity index (χ0v) is 14.4. The van der Waals surface area contributed by atoms with Gasteiger partial charge in [0.05, 0.1) is 11.9 Å². The Labute approximate surface area is 142 Å². The third-order valence-corrected chi connectivity index (χ3v) is 4.24. The summed E-state index contributed by atoms with van der Waals surface area (Å²) in [6.45, 7) is 10.2. The maximum absolute atomic E-state index is 12.0. The molecule has 0 saturated carbocycles. The Bertz CT molecular complexity index is 552. The summed E-state index contributed by atoms with van der Waals surface area (Å²) < 4.78 is 1.38. The molecule has 9 nitrogen and oxygen atoms in total. The first kappa shape index (κ1) is 18.2. The van der Waals surface area contributed by atoms with Crippen LogP contribution in [-0.2, 0) is 11.3 Å². The minimum absolute atomic E-state index is 0.00985. The molecule has 0 bridgehead atoms. The van der Waals surface area contributed by atoms with Crippen molar-refractivity contribution in [3.05, 3.63) is 12.4 Å². The van der Waals surface area contributed by atoms with Crippen LogP contribution < -0.4 is 16.4 Å². The van der Waals surface area contributed by atoms with Gasteiger partial charge in [-0.3, -0.25) is 14.4 Å². The highest BCUT2D eigenvalue weighted by Gasteiger charge is 2.20. The number of hydrogen-bond acceptors (Lipinski definition) is 5. The standard InChI is InChI=1S/C15H27N7O2/c1-3-20-4-6-21(7-5-20)12(2)8-17-15(24)19-13-9-18-22(10-13)11-14(16)23/h9-10,12H,3-8,11H2,1-2H3,(H2,16,23)(H2,17,19,24)/t12-/m0/s1. The Morgan fingerprint density at radius 2 is 2.04 bits per heavy atom. The quantitative estimate of drug-likeness (QED) is 0.622. The van der Waals surface area contributed by atoms with Crippen molar-refractivity contribution in [1.82, 2.24) is 24.9 Å². The van der Waals surface area contributed by atoms with Gasteiger partial charge < -0.3 is 21.3 Å². The molecule has 134 valence electrons. The van der Waals surface area contributed by atoms with Gasteiger partial charge in [0.1, 0.15) is 6.54 Å². The first-order valence-corrected chi connectivity index (χ1v) is 8.30. The maximum atomic E-state index is 12.0. The van der Waals surface area contributed by atoms with Gasteiger partial charge in [-0.25, -0.2) is 4.79 Å². The Kier molecular flexibility index (Phi) is 6.56. The van der Waals surface area contributed by atoms with Crippen LogP contribution >= 0.6 is 0 Å². The molecule has 1 fully saturated rings. The Morgan fingerprint density at radius 3 is 2.67 bits per heavy atom. The summed E-state index contributed by atoms with van der Waals surface area (Å²) in [5, 5.41) is 9.52. The van der Waals surface area contributed by atoms with Crippen LogP contribution in [0.25, 0.3) is 0 Å². The second-order valence-corrected chi connectivity index (χ2v) is 6.05. The number of aromatic nitrogens is 2. The van der Waals surface area contributed by atoms with Crippen molar-refractivity contribution in [2.75, 3.05) is 44.6 Å². The summed E-state index contributed by atoms with van der Waals surface area (Å²) in [6, 6.07) is 0.00000939. The minimum atomic E-state index is -0.480. The number of amides is 3. The van der Waals surface area contributed by atoms with Crippen LogP contribution in [0.4, 0.5) is 10.5 Å². The number of rotatable bonds is 7. The molecule has 0 radical (unpaired) electrons. The molecular formula is C15H27N7O2. The van der Waals surface area contributed by atoms with Gasteiger partial charge in [-0.2, -0.15) is 5.10 Å². The number of nitrogens with one attached hydrogen (secondary N) is 2. The number of nitrogens with zero attached hydrogens (tertiary/aromatic N) is 4. The monoisotopic (exact) mass is 337 g/mol. The fourth-order valence-corrected chi connectivity index (χ4v) is 2.74. The Hall–Kier alpha value is -2.13. The van der Waals surface area contributed by atoms with E-state index < -0.39 is 5.91 Å². The summed E-state index contributed by atoms with van der Waals surface area (Å²) in [7, 11) is 0. The molecule has 0 unspecified atom stereocenters. The Balaban J connectivity index is 1.71. The Morgan fingerprint density at radius 1 is 1.33 bits per heavy atom. The molecule has 1 aliphatic rings. The van der Waals surface area contributed by atoms with Crippen molar-refractivity contribution in [3.63, 3.8) is 0 Å². The van der Waals surface area contributed by atoms with Crippen LogP contribution in [0.5, 0.6) is 0 Å². The zero-order valence-electron chi connectivity index (χ0n) is 14.4. The predicted octanol–water partition coefficient (Wildman–Crippen LogP) is -0.484. The summed E-state index contributed by atoms with van der Waals surface area (Å²) in [4.78, 5) is 27.6. The molecule has 2 rings (SSSR count). The largest absolute Gasteiger partial charge is 0.368 e. The lowest BCUT2D eigenvalue weighted by Crippen LogP contribution is -2.52. The number of carbonyl (C=O) groups excluding carboxylic acids is 2. The SMILES string of the molecule is CCN1CCN([C@@H](C)CNC(=O)Nc2cnn(CC(N)=O)c2)CC1. The van der Waals surface area contributed by atoms with Crippen molar-refractivity contribution >= 4 is 17.6 Å². The van der Waals surface area contributed by atoms with Crippen LogP contribution in [0.2, 0.25) is 0 Å². The van der Waals surface area contributed by atoms with Crippen molar-refractivity contribution in [1.29, 1.82) is 0 Å². The van der Waals surface area contributed by atoms with E-state index in [1.54, 1.807) is 6.20 Å². The van der Waals surface area contributed by atoms with Crippen molar-refractivity contribution < 1.29 is 9.59 Å². The van der Waals surface area contributed by atoms with E-state index in [0.717, 1.165) is 32.7 Å². The van der Waals surface area contributed by atoms with E-state index >= 15 is 0 Å². The summed E-state index contributed by atoms with van der Waals surface area (Å²) in [6.07, 6.45) is 3.05. The second kappa shape index (κ2) is 8.65. The van der Waals surface area contributed by atoms with E-state index in [9.17, 15) is 9.59 Å². The molecule has 1 saturated heterocycles. The highest BCUT2D eigenvalue weighted by Crippen LogP contribution is 2.06. The van der Waals surface area contributed by atoms with Crippen LogP contribution in [0, 0.1) is 0 Å². The smallest absolute Gasteiger partial charge is 0.319 e. The molecule has 1 aliphatic heterocycles. The molecule has 0 aromatic carbocycles. The lowest BCUT2D eigenvalue weighted by Gasteiger charge is -2.37. The number of anilines is 1. The van der Waals surface area contributed by atoms with Gasteiger partial charge in [-0.15, -0.1) is 0 Å². The summed E-state index contributed by atoms with van der Waals surface area (Å²) >= 11 is 0. The van der Waals surface area contributed by atoms with Gasteiger partial charge in [0.15, 0.2) is 0 Å². The molecule has 0 aliphatic carbocycles. The van der Waals surface area contributed by atoms with E-state index in [1.165, 1.54) is 10.9 Å². The van der Waals surface area contributed by atoms with Crippen molar-refractivity contribution in [3.8, 4) is 0 Å². The number of primary amides is 1. The van der Waals surface area contributed by atoms with Crippen molar-refractivity contribution in [2.45, 2.75) is 26.4 Å². The fraction of sp³-hybridized carbons (Fsp3) is 0.667. The van der Waals surface area contributed by atoms with Crippen LogP contribution in [0.1, 0.15) is 13.8 Å². The van der Waals surface area contributed by atoms with Gasteiger partial charge in [0.2, 0.25) is 5.91 Å². The van der Waals surface area contributed by atoms with Crippen molar-refractivity contribution in [2.24, 2.45) is 5.73 Å². The molecule has 3 amide bonds. The highest BCUT2D eigenvalue weighted by molar-refractivity contribution is 5.88. The van der Waals surface area contributed by atoms with Crippen LogP contribution in [-0.4, -0.2) is 76.8 Å². The molecule has 1 aromatic rings. The lowest BCUT2D eigenvalue weighted by atomic mass is 10.2. The number of piperazine rings is 1. The summed E-state index contributed by atoms with van der Waals surface area (Å²) in [5.74, 6) is -0.480. The lowest BCUT2D eigenvalue weighted by molar-refractivity contribution is -0.118. The van der Waals surface area contributed by atoms with Gasteiger partial charge >= 0.3 is 6.03 Å². The topological polar surface area (TPSA) is 109 Å². The van der Waals surface area contributed by atoms with Gasteiger partial charge in [0.25, 0.3) is 0 Å². The molecule has 0 spiro atoms. The van der Waals surface area contributed by atoms with E-state index in [1.807, 2.05) is 0 Å². The normalized spacial score (nSPS) is 17.4. The molecule has 1 atom stereocenters. The average molecular weight is 337 g/mol. The zero-order chi connectivity index (χ0) is 17.5. The van der Waals surface area contributed by atoms with Gasteiger partial charge in [0, 0.05) is 45.0 Å². The molecular weight excluding hydrogens is 310 g/mol. The second-order valence-electron chi connectivity index (χ2n) is 6.05. The number of hydrogen-bond donors (Lipinski definition) is 3. The molecule has 9 heteroatoms. The number of likely N-dealkylation sites (N-methyl/N-ethyl adjacent to an activating group) is 1. The highest BCUT2D eigenvalue weighted by atomic mass is 16.2. The van der Waals surface area contributed by atoms with E-state index in [4.69, 9.17) is 5.73 Å². The first-order valence-electron chi connectivity index (χ1n) is 8.30. The molecule has 4 N–H and O–H groups in total. The number of carbonyl (C=O) groups is 2. The number of nitrogens with two attached hydrogens (primary N) is 1. The van der Waals surface area contributed by atoms with Crippen LogP contribution in [0.3, 0.4) is 0 Å². The third kappa shape index (κ3) is 5.50.